The number of likely N-dealkylation sites (tertiary alicyclic amines) is 1. The number of aryl methyl sites for hydroxylation is 2. The zero-order chi connectivity index (χ0) is 15.9. The summed E-state index contributed by atoms with van der Waals surface area (Å²) >= 11 is 1.69. The molecule has 2 rings (SSSR count). The average molecular weight is 451 g/mol. The number of guanidine groups is 1. The van der Waals surface area contributed by atoms with E-state index in [-0.39, 0.29) is 36.4 Å². The zero-order valence-electron chi connectivity index (χ0n) is 14.0. The van der Waals surface area contributed by atoms with Crippen LogP contribution in [0.2, 0.25) is 0 Å². The van der Waals surface area contributed by atoms with Crippen molar-refractivity contribution in [3.8, 4) is 0 Å². The number of aromatic nitrogens is 1. The number of hydrogen-bond acceptors (Lipinski definition) is 4. The second-order valence-electron chi connectivity index (χ2n) is 5.39. The van der Waals surface area contributed by atoms with Crippen molar-refractivity contribution in [1.29, 1.82) is 0 Å². The molecular weight excluding hydrogens is 425 g/mol. The lowest BCUT2D eigenvalue weighted by Crippen LogP contribution is -2.38. The Labute approximate surface area is 159 Å². The van der Waals surface area contributed by atoms with Crippen LogP contribution in [0.1, 0.15) is 35.3 Å². The standard InChI is InChI=1S/C15H25N5OS.HI/c1-4-16-15(17-9-13-19-11(2)12(3)22-13)18-10-14(21)20-7-5-6-8-20;/h4-10H2,1-3H3,(H2,16,17,18);1H. The Kier molecular flexibility index (Phi) is 8.82. The van der Waals surface area contributed by atoms with Gasteiger partial charge in [-0.25, -0.2) is 9.98 Å². The maximum Gasteiger partial charge on any atom is 0.244 e. The van der Waals surface area contributed by atoms with Crippen molar-refractivity contribution in [3.05, 3.63) is 15.6 Å². The lowest BCUT2D eigenvalue weighted by molar-refractivity contribution is -0.128. The molecule has 0 unspecified atom stereocenters. The summed E-state index contributed by atoms with van der Waals surface area (Å²) in [5.74, 6) is 0.774. The van der Waals surface area contributed by atoms with E-state index in [1.165, 1.54) is 4.88 Å². The van der Waals surface area contributed by atoms with Crippen LogP contribution in [0.15, 0.2) is 4.99 Å². The van der Waals surface area contributed by atoms with E-state index in [1.54, 1.807) is 11.3 Å². The van der Waals surface area contributed by atoms with Crippen molar-refractivity contribution in [2.75, 3.05) is 26.2 Å². The number of nitrogens with zero attached hydrogens (tertiary/aromatic N) is 3. The summed E-state index contributed by atoms with van der Waals surface area (Å²) in [6.07, 6.45) is 2.22. The smallest absolute Gasteiger partial charge is 0.244 e. The van der Waals surface area contributed by atoms with Crippen molar-refractivity contribution in [2.45, 2.75) is 40.2 Å². The number of aliphatic imine (C=N–C) groups is 1. The third-order valence-electron chi connectivity index (χ3n) is 3.66. The van der Waals surface area contributed by atoms with Crippen LogP contribution in [0.25, 0.3) is 0 Å². The van der Waals surface area contributed by atoms with Crippen molar-refractivity contribution in [1.82, 2.24) is 20.5 Å². The van der Waals surface area contributed by atoms with E-state index in [0.717, 1.165) is 43.2 Å². The van der Waals surface area contributed by atoms with Crippen LogP contribution >= 0.6 is 35.3 Å². The maximum atomic E-state index is 12.0. The minimum atomic E-state index is 0. The van der Waals surface area contributed by atoms with Gasteiger partial charge in [0.2, 0.25) is 5.91 Å². The molecule has 0 bridgehead atoms. The van der Waals surface area contributed by atoms with Gasteiger partial charge in [0.1, 0.15) is 11.6 Å². The first-order valence-electron chi connectivity index (χ1n) is 7.83. The number of rotatable bonds is 5. The quantitative estimate of drug-likeness (QED) is 0.409. The molecule has 2 N–H and O–H groups in total. The second-order valence-corrected chi connectivity index (χ2v) is 6.67. The minimum Gasteiger partial charge on any atom is -0.357 e. The lowest BCUT2D eigenvalue weighted by atomic mass is 10.4. The highest BCUT2D eigenvalue weighted by Gasteiger charge is 2.17. The molecule has 0 saturated carbocycles. The monoisotopic (exact) mass is 451 g/mol. The van der Waals surface area contributed by atoms with Crippen LogP contribution < -0.4 is 10.6 Å². The SMILES string of the molecule is CCNC(=NCC(=O)N1CCCC1)NCc1nc(C)c(C)s1.I. The summed E-state index contributed by atoms with van der Waals surface area (Å²) in [5, 5.41) is 7.44. The molecular formula is C15H26IN5OS. The van der Waals surface area contributed by atoms with Crippen LogP contribution in [-0.2, 0) is 11.3 Å². The van der Waals surface area contributed by atoms with Crippen molar-refractivity contribution < 1.29 is 4.79 Å². The highest BCUT2D eigenvalue weighted by atomic mass is 127. The predicted molar refractivity (Wildman–Crippen MR) is 106 cm³/mol. The summed E-state index contributed by atoms with van der Waals surface area (Å²) in [6, 6.07) is 0. The van der Waals surface area contributed by atoms with Crippen LogP contribution in [0.3, 0.4) is 0 Å². The van der Waals surface area contributed by atoms with E-state index in [4.69, 9.17) is 0 Å². The van der Waals surface area contributed by atoms with Crippen LogP contribution in [-0.4, -0.2) is 47.9 Å². The van der Waals surface area contributed by atoms with Crippen LogP contribution in [0.4, 0.5) is 0 Å². The molecule has 0 aromatic carbocycles. The molecule has 1 aromatic rings. The van der Waals surface area contributed by atoms with Gasteiger partial charge in [-0.1, -0.05) is 0 Å². The van der Waals surface area contributed by atoms with Gasteiger partial charge in [-0.3, -0.25) is 4.79 Å². The first-order chi connectivity index (χ1) is 10.6. The largest absolute Gasteiger partial charge is 0.357 e. The molecule has 8 heteroatoms. The Morgan fingerprint density at radius 1 is 1.30 bits per heavy atom. The fraction of sp³-hybridized carbons (Fsp3) is 0.667. The molecule has 1 aliphatic heterocycles. The Bertz CT molecular complexity index is 520. The van der Waals surface area contributed by atoms with Crippen molar-refractivity contribution in [2.24, 2.45) is 4.99 Å². The third kappa shape index (κ3) is 6.25. The molecule has 1 saturated heterocycles. The third-order valence-corrected chi connectivity index (χ3v) is 4.73. The topological polar surface area (TPSA) is 69.6 Å². The molecule has 130 valence electrons. The van der Waals surface area contributed by atoms with E-state index in [1.807, 2.05) is 18.7 Å². The number of halogens is 1. The minimum absolute atomic E-state index is 0. The lowest BCUT2D eigenvalue weighted by Gasteiger charge is -2.14. The fourth-order valence-corrected chi connectivity index (χ4v) is 3.20. The van der Waals surface area contributed by atoms with E-state index in [9.17, 15) is 4.79 Å². The number of nitrogens with one attached hydrogen (secondary N) is 2. The van der Waals surface area contributed by atoms with E-state index in [0.29, 0.717) is 12.5 Å². The average Bonchev–Trinajstić information content (AvgIpc) is 3.12. The highest BCUT2D eigenvalue weighted by Crippen LogP contribution is 2.15. The fourth-order valence-electron chi connectivity index (χ4n) is 2.33. The first-order valence-corrected chi connectivity index (χ1v) is 8.64. The molecule has 0 atom stereocenters. The molecule has 0 radical (unpaired) electrons. The van der Waals surface area contributed by atoms with E-state index >= 15 is 0 Å². The van der Waals surface area contributed by atoms with Gasteiger partial charge in [-0.15, -0.1) is 35.3 Å². The number of amides is 1. The molecule has 0 aliphatic carbocycles. The van der Waals surface area contributed by atoms with Gasteiger partial charge < -0.3 is 15.5 Å². The molecule has 6 nitrogen and oxygen atoms in total. The van der Waals surface area contributed by atoms with Gasteiger partial charge in [0.15, 0.2) is 5.96 Å². The molecule has 1 aliphatic rings. The molecule has 2 heterocycles. The number of thiazole rings is 1. The molecule has 1 aromatic heterocycles. The molecule has 1 amide bonds. The summed E-state index contributed by atoms with van der Waals surface area (Å²) in [7, 11) is 0. The zero-order valence-corrected chi connectivity index (χ0v) is 17.2. The molecule has 1 fully saturated rings. The van der Waals surface area contributed by atoms with E-state index in [2.05, 4.69) is 27.5 Å². The number of carbonyl (C=O) groups is 1. The normalized spacial score (nSPS) is 14.6. The highest BCUT2D eigenvalue weighted by molar-refractivity contribution is 14.0. The first kappa shape index (κ1) is 20.1. The van der Waals surface area contributed by atoms with Gasteiger partial charge in [0, 0.05) is 24.5 Å². The summed E-state index contributed by atoms with van der Waals surface area (Å²) in [4.78, 5) is 24.0. The van der Waals surface area contributed by atoms with Gasteiger partial charge in [0.05, 0.1) is 12.2 Å². The second kappa shape index (κ2) is 10.1. The van der Waals surface area contributed by atoms with E-state index < -0.39 is 0 Å². The Morgan fingerprint density at radius 3 is 2.57 bits per heavy atom. The predicted octanol–water partition coefficient (Wildman–Crippen LogP) is 2.06. The molecule has 23 heavy (non-hydrogen) atoms. The van der Waals surface area contributed by atoms with Gasteiger partial charge in [0.25, 0.3) is 0 Å². The van der Waals surface area contributed by atoms with Crippen molar-refractivity contribution >= 4 is 47.2 Å². The number of carbonyl (C=O) groups excluding carboxylic acids is 1. The van der Waals surface area contributed by atoms with Crippen LogP contribution in [0.5, 0.6) is 0 Å². The summed E-state index contributed by atoms with van der Waals surface area (Å²) in [6.45, 7) is 9.44. The van der Waals surface area contributed by atoms with Gasteiger partial charge in [-0.2, -0.15) is 0 Å². The summed E-state index contributed by atoms with van der Waals surface area (Å²) < 4.78 is 0. The van der Waals surface area contributed by atoms with Crippen LogP contribution in [0, 0.1) is 13.8 Å². The summed E-state index contributed by atoms with van der Waals surface area (Å²) in [5.41, 5.74) is 1.08. The number of hydrogen-bond donors (Lipinski definition) is 2. The maximum absolute atomic E-state index is 12.0. The Balaban J connectivity index is 0.00000264. The Hall–Kier alpha value is -0.900. The Morgan fingerprint density at radius 2 is 2.00 bits per heavy atom. The van der Waals surface area contributed by atoms with Crippen molar-refractivity contribution in [3.63, 3.8) is 0 Å². The molecule has 0 spiro atoms. The van der Waals surface area contributed by atoms with Gasteiger partial charge >= 0.3 is 0 Å². The van der Waals surface area contributed by atoms with Gasteiger partial charge in [-0.05, 0) is 33.6 Å².